The van der Waals surface area contributed by atoms with E-state index >= 15 is 0 Å². The highest BCUT2D eigenvalue weighted by Gasteiger charge is 2.63. The Hall–Kier alpha value is -3.37. The van der Waals surface area contributed by atoms with E-state index in [0.717, 1.165) is 59.2 Å². The summed E-state index contributed by atoms with van der Waals surface area (Å²) in [5.74, 6) is 0.170. The molecule has 2 fully saturated rings. The molecule has 0 bridgehead atoms. The zero-order valence-corrected chi connectivity index (χ0v) is 25.6. The van der Waals surface area contributed by atoms with E-state index in [1.807, 2.05) is 12.1 Å². The number of hydrogen-bond acceptors (Lipinski definition) is 6. The van der Waals surface area contributed by atoms with Crippen LogP contribution in [-0.2, 0) is 26.3 Å². The lowest BCUT2D eigenvalue weighted by atomic mass is 9.81. The Labute approximate surface area is 247 Å². The van der Waals surface area contributed by atoms with Crippen molar-refractivity contribution in [2.45, 2.75) is 70.8 Å². The molecule has 6 rings (SSSR count). The average molecular weight is 594 g/mol. The standard InChI is InChI=1S/C32H39N3O6S/c1-5-34(6-2)42(38,39)33-30(36)21-12-14-24-27(16-21)35-19-32(31(37)41-4)18-26(32)25-17-22(40-3)13-15-23(25)29(35)28(24)20-10-8-7-9-11-20/h12-17,20,26H,5-11,18-19H2,1-4H3,(H,33,36). The molecule has 0 saturated heterocycles. The number of benzene rings is 2. The van der Waals surface area contributed by atoms with Crippen molar-refractivity contribution in [3.8, 4) is 17.0 Å². The Balaban J connectivity index is 1.57. The lowest BCUT2D eigenvalue weighted by Gasteiger charge is -2.24. The highest BCUT2D eigenvalue weighted by Crippen LogP contribution is 2.66. The molecule has 2 saturated carbocycles. The lowest BCUT2D eigenvalue weighted by molar-refractivity contribution is -0.147. The van der Waals surface area contributed by atoms with Crippen LogP contribution in [0.4, 0.5) is 0 Å². The van der Waals surface area contributed by atoms with Crippen LogP contribution in [0.1, 0.15) is 85.7 Å². The Morgan fingerprint density at radius 1 is 1.05 bits per heavy atom. The zero-order valence-electron chi connectivity index (χ0n) is 24.7. The lowest BCUT2D eigenvalue weighted by Crippen LogP contribution is -2.43. The molecule has 2 aliphatic carbocycles. The summed E-state index contributed by atoms with van der Waals surface area (Å²) in [4.78, 5) is 26.7. The Bertz CT molecular complexity index is 1670. The van der Waals surface area contributed by atoms with Crippen LogP contribution in [0.3, 0.4) is 0 Å². The summed E-state index contributed by atoms with van der Waals surface area (Å²) in [7, 11) is -0.893. The molecule has 2 heterocycles. The molecule has 2 atom stereocenters. The van der Waals surface area contributed by atoms with Crippen molar-refractivity contribution in [1.82, 2.24) is 13.6 Å². The van der Waals surface area contributed by atoms with Gasteiger partial charge in [0.2, 0.25) is 0 Å². The number of methoxy groups -OCH3 is 2. The van der Waals surface area contributed by atoms with Gasteiger partial charge in [-0.1, -0.05) is 39.2 Å². The van der Waals surface area contributed by atoms with E-state index in [1.54, 1.807) is 33.1 Å². The monoisotopic (exact) mass is 593 g/mol. The molecule has 3 aromatic rings. The first kappa shape index (κ1) is 28.7. The largest absolute Gasteiger partial charge is 0.497 e. The maximum absolute atomic E-state index is 13.4. The maximum atomic E-state index is 13.4. The van der Waals surface area contributed by atoms with E-state index in [4.69, 9.17) is 9.47 Å². The maximum Gasteiger partial charge on any atom is 0.314 e. The van der Waals surface area contributed by atoms with Crippen LogP contribution in [0, 0.1) is 5.41 Å². The number of amides is 1. The van der Waals surface area contributed by atoms with Crippen LogP contribution in [0.25, 0.3) is 22.2 Å². The zero-order chi connectivity index (χ0) is 29.8. The van der Waals surface area contributed by atoms with Gasteiger partial charge < -0.3 is 14.0 Å². The van der Waals surface area contributed by atoms with E-state index in [-0.39, 0.29) is 30.5 Å². The third kappa shape index (κ3) is 4.50. The molecule has 1 amide bonds. The number of nitrogens with one attached hydrogen (secondary N) is 1. The van der Waals surface area contributed by atoms with Crippen LogP contribution in [0.2, 0.25) is 0 Å². The van der Waals surface area contributed by atoms with E-state index in [1.165, 1.54) is 23.4 Å². The van der Waals surface area contributed by atoms with Gasteiger partial charge in [0.05, 0.1) is 25.3 Å². The van der Waals surface area contributed by atoms with Gasteiger partial charge in [0, 0.05) is 47.6 Å². The van der Waals surface area contributed by atoms with E-state index < -0.39 is 21.5 Å². The number of hydrogen-bond donors (Lipinski definition) is 1. The van der Waals surface area contributed by atoms with Crippen LogP contribution >= 0.6 is 0 Å². The molecule has 1 aromatic heterocycles. The first-order valence-corrected chi connectivity index (χ1v) is 16.4. The minimum Gasteiger partial charge on any atom is -0.497 e. The van der Waals surface area contributed by atoms with Crippen LogP contribution < -0.4 is 9.46 Å². The number of esters is 1. The van der Waals surface area contributed by atoms with Crippen LogP contribution in [0.5, 0.6) is 5.75 Å². The predicted molar refractivity (Wildman–Crippen MR) is 161 cm³/mol. The normalized spacial score (nSPS) is 21.7. The number of carbonyl (C=O) groups is 2. The minimum absolute atomic E-state index is 0.00472. The summed E-state index contributed by atoms with van der Waals surface area (Å²) in [5.41, 5.74) is 4.86. The molecular formula is C32H39N3O6S. The van der Waals surface area contributed by atoms with Crippen molar-refractivity contribution in [2.24, 2.45) is 5.41 Å². The van der Waals surface area contributed by atoms with Crippen molar-refractivity contribution < 1.29 is 27.5 Å². The highest BCUT2D eigenvalue weighted by molar-refractivity contribution is 7.87. The smallest absolute Gasteiger partial charge is 0.314 e. The minimum atomic E-state index is -3.98. The van der Waals surface area contributed by atoms with Crippen LogP contribution in [-0.4, -0.2) is 56.5 Å². The summed E-state index contributed by atoms with van der Waals surface area (Å²) in [6.45, 7) is 4.41. The molecule has 42 heavy (non-hydrogen) atoms. The molecule has 2 aromatic carbocycles. The van der Waals surface area contributed by atoms with Crippen molar-refractivity contribution in [2.75, 3.05) is 27.3 Å². The van der Waals surface area contributed by atoms with Gasteiger partial charge in [0.15, 0.2) is 0 Å². The SMILES string of the molecule is CCN(CC)S(=O)(=O)NC(=O)c1ccc2c(C3CCCCC3)c3n(c2c1)CC1(C(=O)OC)CC1c1cc(OC)ccc1-3. The van der Waals surface area contributed by atoms with Crippen molar-refractivity contribution in [1.29, 1.82) is 0 Å². The fourth-order valence-corrected chi connectivity index (χ4v) is 8.58. The predicted octanol–water partition coefficient (Wildman–Crippen LogP) is 5.34. The summed E-state index contributed by atoms with van der Waals surface area (Å²) >= 11 is 0. The Morgan fingerprint density at radius 3 is 2.45 bits per heavy atom. The fourth-order valence-electron chi connectivity index (χ4n) is 7.42. The molecule has 1 N–H and O–H groups in total. The number of ether oxygens (including phenoxy) is 2. The van der Waals surface area contributed by atoms with Crippen molar-refractivity contribution >= 4 is 33.0 Å². The summed E-state index contributed by atoms with van der Waals surface area (Å²) < 4.78 is 42.3. The first-order chi connectivity index (χ1) is 20.2. The van der Waals surface area contributed by atoms with Crippen molar-refractivity contribution in [3.63, 3.8) is 0 Å². The topological polar surface area (TPSA) is 107 Å². The molecule has 2 unspecified atom stereocenters. The van der Waals surface area contributed by atoms with Gasteiger partial charge in [-0.2, -0.15) is 12.7 Å². The Morgan fingerprint density at radius 2 is 1.79 bits per heavy atom. The quantitative estimate of drug-likeness (QED) is 0.354. The van der Waals surface area contributed by atoms with Gasteiger partial charge in [-0.3, -0.25) is 9.59 Å². The third-order valence-corrected chi connectivity index (χ3v) is 11.3. The molecule has 0 radical (unpaired) electrons. The molecular weight excluding hydrogens is 554 g/mol. The van der Waals surface area contributed by atoms with Gasteiger partial charge >= 0.3 is 16.2 Å². The second-order valence-electron chi connectivity index (χ2n) is 11.8. The second-order valence-corrected chi connectivity index (χ2v) is 13.5. The molecule has 3 aliphatic rings. The second kappa shape index (κ2) is 10.7. The van der Waals surface area contributed by atoms with Crippen LogP contribution in [0.15, 0.2) is 36.4 Å². The highest BCUT2D eigenvalue weighted by atomic mass is 32.2. The molecule has 10 heteroatoms. The summed E-state index contributed by atoms with van der Waals surface area (Å²) in [5, 5.41) is 1.04. The molecule has 224 valence electrons. The molecule has 1 aliphatic heterocycles. The average Bonchev–Trinajstić information content (AvgIpc) is 3.67. The number of nitrogens with zero attached hydrogens (tertiary/aromatic N) is 2. The molecule has 0 spiro atoms. The number of aromatic nitrogens is 1. The van der Waals surface area contributed by atoms with Gasteiger partial charge in [-0.15, -0.1) is 0 Å². The summed E-state index contributed by atoms with van der Waals surface area (Å²) in [6, 6.07) is 11.6. The van der Waals surface area contributed by atoms with E-state index in [0.29, 0.717) is 18.9 Å². The van der Waals surface area contributed by atoms with E-state index in [2.05, 4.69) is 21.4 Å². The van der Waals surface area contributed by atoms with Gasteiger partial charge in [-0.25, -0.2) is 4.72 Å². The first-order valence-electron chi connectivity index (χ1n) is 14.9. The van der Waals surface area contributed by atoms with Gasteiger partial charge in [0.1, 0.15) is 5.75 Å². The Kier molecular flexibility index (Phi) is 7.33. The third-order valence-electron chi connectivity index (χ3n) is 9.64. The van der Waals surface area contributed by atoms with Gasteiger partial charge in [-0.05, 0) is 66.6 Å². The molecule has 9 nitrogen and oxygen atoms in total. The number of fused-ring (bicyclic) bond motifs is 7. The van der Waals surface area contributed by atoms with E-state index in [9.17, 15) is 18.0 Å². The fraction of sp³-hybridized carbons (Fsp3) is 0.500. The summed E-state index contributed by atoms with van der Waals surface area (Å²) in [6.07, 6.45) is 6.35. The number of carbonyl (C=O) groups excluding carboxylic acids is 2. The van der Waals surface area contributed by atoms with Crippen molar-refractivity contribution in [3.05, 3.63) is 53.1 Å². The van der Waals surface area contributed by atoms with Gasteiger partial charge in [0.25, 0.3) is 5.91 Å². The number of rotatable bonds is 8.